The number of likely N-dealkylation sites (tertiary alicyclic amines) is 1. The van der Waals surface area contributed by atoms with Crippen LogP contribution in [0, 0.1) is 5.92 Å². The van der Waals surface area contributed by atoms with Crippen molar-refractivity contribution in [2.45, 2.75) is 19.4 Å². The van der Waals surface area contributed by atoms with E-state index in [1.807, 2.05) is 24.3 Å². The molecular weight excluding hydrogens is 248 g/mol. The van der Waals surface area contributed by atoms with Crippen molar-refractivity contribution >= 4 is 11.6 Å². The number of para-hydroxylation sites is 1. The van der Waals surface area contributed by atoms with Gasteiger partial charge in [0, 0.05) is 19.1 Å². The molecule has 3 nitrogen and oxygen atoms in total. The van der Waals surface area contributed by atoms with Gasteiger partial charge in [-0.15, -0.1) is 0 Å². The van der Waals surface area contributed by atoms with E-state index >= 15 is 0 Å². The fourth-order valence-corrected chi connectivity index (χ4v) is 2.49. The number of hydrogen-bond donors (Lipinski definition) is 1. The van der Waals surface area contributed by atoms with Gasteiger partial charge in [0.15, 0.2) is 0 Å². The third-order valence-corrected chi connectivity index (χ3v) is 3.87. The first-order chi connectivity index (χ1) is 8.66. The van der Waals surface area contributed by atoms with Gasteiger partial charge >= 0.3 is 0 Å². The van der Waals surface area contributed by atoms with E-state index < -0.39 is 0 Å². The van der Waals surface area contributed by atoms with E-state index in [1.54, 1.807) is 0 Å². The number of benzene rings is 1. The van der Waals surface area contributed by atoms with Gasteiger partial charge in [-0.3, -0.25) is 4.90 Å². The summed E-state index contributed by atoms with van der Waals surface area (Å²) in [6.07, 6.45) is 1.08. The molecule has 2 unspecified atom stereocenters. The minimum Gasteiger partial charge on any atom is -0.491 e. The summed E-state index contributed by atoms with van der Waals surface area (Å²) < 4.78 is 5.70. The zero-order valence-electron chi connectivity index (χ0n) is 10.8. The van der Waals surface area contributed by atoms with Crippen LogP contribution in [0.3, 0.4) is 0 Å². The molecule has 2 N–H and O–H groups in total. The molecule has 100 valence electrons. The first kappa shape index (κ1) is 13.7. The number of halogens is 1. The third kappa shape index (κ3) is 3.61. The number of hydrogen-bond acceptors (Lipinski definition) is 3. The van der Waals surface area contributed by atoms with Gasteiger partial charge in [-0.1, -0.05) is 30.7 Å². The number of ether oxygens (including phenoxy) is 1. The Balaban J connectivity index is 1.74. The molecule has 0 saturated carbocycles. The van der Waals surface area contributed by atoms with Crippen LogP contribution in [0.15, 0.2) is 24.3 Å². The Bertz CT molecular complexity index is 386. The van der Waals surface area contributed by atoms with Crippen molar-refractivity contribution in [2.24, 2.45) is 11.7 Å². The van der Waals surface area contributed by atoms with Gasteiger partial charge in [0.2, 0.25) is 0 Å². The van der Waals surface area contributed by atoms with Gasteiger partial charge in [0.05, 0.1) is 5.02 Å². The van der Waals surface area contributed by atoms with Crippen LogP contribution >= 0.6 is 11.6 Å². The minimum absolute atomic E-state index is 0.353. The molecule has 0 aliphatic carbocycles. The summed E-state index contributed by atoms with van der Waals surface area (Å²) in [5, 5.41) is 0.673. The lowest BCUT2D eigenvalue weighted by atomic mass is 9.95. The molecule has 18 heavy (non-hydrogen) atoms. The smallest absolute Gasteiger partial charge is 0.137 e. The maximum atomic E-state index is 6.03. The summed E-state index contributed by atoms with van der Waals surface area (Å²) in [6.45, 7) is 5.95. The Morgan fingerprint density at radius 2 is 2.22 bits per heavy atom. The highest BCUT2D eigenvalue weighted by Crippen LogP contribution is 2.23. The summed E-state index contributed by atoms with van der Waals surface area (Å²) in [5.41, 5.74) is 6.00. The molecule has 1 saturated heterocycles. The molecule has 0 bridgehead atoms. The summed E-state index contributed by atoms with van der Waals surface area (Å²) >= 11 is 6.03. The summed E-state index contributed by atoms with van der Waals surface area (Å²) in [5.74, 6) is 1.33. The molecule has 2 atom stereocenters. The molecule has 2 rings (SSSR count). The van der Waals surface area contributed by atoms with Gasteiger partial charge in [-0.25, -0.2) is 0 Å². The van der Waals surface area contributed by atoms with Crippen LogP contribution in [0.5, 0.6) is 5.75 Å². The lowest BCUT2D eigenvalue weighted by Gasteiger charge is -2.34. The fraction of sp³-hybridized carbons (Fsp3) is 0.571. The first-order valence-electron chi connectivity index (χ1n) is 6.52. The number of nitrogens with zero attached hydrogens (tertiary/aromatic N) is 1. The minimum atomic E-state index is 0.353. The number of nitrogens with two attached hydrogens (primary N) is 1. The molecule has 0 amide bonds. The molecule has 0 radical (unpaired) electrons. The number of piperidine rings is 1. The van der Waals surface area contributed by atoms with E-state index in [1.165, 1.54) is 0 Å². The normalized spacial score (nSPS) is 25.1. The maximum Gasteiger partial charge on any atom is 0.137 e. The lowest BCUT2D eigenvalue weighted by Crippen LogP contribution is -2.46. The largest absolute Gasteiger partial charge is 0.491 e. The predicted molar refractivity (Wildman–Crippen MR) is 75.1 cm³/mol. The average molecular weight is 269 g/mol. The van der Waals surface area contributed by atoms with E-state index in [2.05, 4.69) is 11.8 Å². The van der Waals surface area contributed by atoms with Gasteiger partial charge < -0.3 is 10.5 Å². The first-order valence-corrected chi connectivity index (χ1v) is 6.90. The van der Waals surface area contributed by atoms with E-state index in [0.29, 0.717) is 23.6 Å². The van der Waals surface area contributed by atoms with Gasteiger partial charge in [0.1, 0.15) is 12.4 Å². The standard InChI is InChI=1S/C14H21ClN2O/c1-11-10-17(7-6-13(11)16)8-9-18-14-5-3-2-4-12(14)15/h2-5,11,13H,6-10,16H2,1H3. The SMILES string of the molecule is CC1CN(CCOc2ccccc2Cl)CCC1N. The van der Waals surface area contributed by atoms with E-state index in [-0.39, 0.29) is 0 Å². The van der Waals surface area contributed by atoms with Crippen LogP contribution in [0.2, 0.25) is 5.02 Å². The highest BCUT2D eigenvalue weighted by molar-refractivity contribution is 6.32. The second-order valence-corrected chi connectivity index (χ2v) is 5.42. The van der Waals surface area contributed by atoms with Crippen LogP contribution in [-0.4, -0.2) is 37.2 Å². The van der Waals surface area contributed by atoms with Crippen LogP contribution in [0.4, 0.5) is 0 Å². The third-order valence-electron chi connectivity index (χ3n) is 3.56. The summed E-state index contributed by atoms with van der Waals surface area (Å²) in [6, 6.07) is 7.94. The average Bonchev–Trinajstić information content (AvgIpc) is 2.36. The summed E-state index contributed by atoms with van der Waals surface area (Å²) in [4.78, 5) is 2.41. The maximum absolute atomic E-state index is 6.03. The van der Waals surface area contributed by atoms with Crippen LogP contribution in [0.25, 0.3) is 0 Å². The van der Waals surface area contributed by atoms with Gasteiger partial charge in [0.25, 0.3) is 0 Å². The molecule has 1 aromatic rings. The van der Waals surface area contributed by atoms with E-state index in [9.17, 15) is 0 Å². The van der Waals surface area contributed by atoms with Crippen LogP contribution < -0.4 is 10.5 Å². The molecule has 4 heteroatoms. The molecule has 1 heterocycles. The van der Waals surface area contributed by atoms with E-state index in [4.69, 9.17) is 22.1 Å². The van der Waals surface area contributed by atoms with Crippen molar-refractivity contribution in [2.75, 3.05) is 26.2 Å². The Morgan fingerprint density at radius 1 is 1.44 bits per heavy atom. The monoisotopic (exact) mass is 268 g/mol. The molecule has 0 aromatic heterocycles. The van der Waals surface area contributed by atoms with Crippen molar-refractivity contribution in [1.82, 2.24) is 4.90 Å². The van der Waals surface area contributed by atoms with E-state index in [0.717, 1.165) is 31.8 Å². The fourth-order valence-electron chi connectivity index (χ4n) is 2.30. The quantitative estimate of drug-likeness (QED) is 0.911. The highest BCUT2D eigenvalue weighted by atomic mass is 35.5. The molecule has 1 fully saturated rings. The van der Waals surface area contributed by atoms with Gasteiger partial charge in [-0.2, -0.15) is 0 Å². The predicted octanol–water partition coefficient (Wildman–Crippen LogP) is 2.39. The topological polar surface area (TPSA) is 38.5 Å². The zero-order chi connectivity index (χ0) is 13.0. The Labute approximate surface area is 114 Å². The molecular formula is C14H21ClN2O. The van der Waals surface area contributed by atoms with Crippen molar-refractivity contribution < 1.29 is 4.74 Å². The Morgan fingerprint density at radius 3 is 2.94 bits per heavy atom. The second-order valence-electron chi connectivity index (χ2n) is 5.01. The number of rotatable bonds is 4. The van der Waals surface area contributed by atoms with Crippen molar-refractivity contribution in [3.8, 4) is 5.75 Å². The Hall–Kier alpha value is -0.770. The zero-order valence-corrected chi connectivity index (χ0v) is 11.6. The summed E-state index contributed by atoms with van der Waals surface area (Å²) in [7, 11) is 0. The van der Waals surface area contributed by atoms with Crippen LogP contribution in [0.1, 0.15) is 13.3 Å². The molecule has 1 aliphatic rings. The molecule has 1 aliphatic heterocycles. The molecule has 0 spiro atoms. The van der Waals surface area contributed by atoms with Crippen molar-refractivity contribution in [3.63, 3.8) is 0 Å². The van der Waals surface area contributed by atoms with Gasteiger partial charge in [-0.05, 0) is 31.0 Å². The van der Waals surface area contributed by atoms with Crippen LogP contribution in [-0.2, 0) is 0 Å². The lowest BCUT2D eigenvalue weighted by molar-refractivity contribution is 0.140. The Kier molecular flexibility index (Phi) is 4.87. The van der Waals surface area contributed by atoms with Crippen molar-refractivity contribution in [3.05, 3.63) is 29.3 Å². The molecule has 1 aromatic carbocycles. The second kappa shape index (κ2) is 6.41. The van der Waals surface area contributed by atoms with Crippen molar-refractivity contribution in [1.29, 1.82) is 0 Å². The highest BCUT2D eigenvalue weighted by Gasteiger charge is 2.22.